The summed E-state index contributed by atoms with van der Waals surface area (Å²) in [6, 6.07) is 9.37. The third-order valence-corrected chi connectivity index (χ3v) is 2.39. The normalized spacial score (nSPS) is 12.1. The van der Waals surface area contributed by atoms with Crippen LogP contribution < -0.4 is 0 Å². The second kappa shape index (κ2) is 8.08. The zero-order chi connectivity index (χ0) is 14.1. The number of hydrogen-bond acceptors (Lipinski definition) is 4. The zero-order valence-corrected chi connectivity index (χ0v) is 11.2. The first-order valence-electron chi connectivity index (χ1n) is 6.27. The van der Waals surface area contributed by atoms with Crippen molar-refractivity contribution in [2.75, 3.05) is 6.61 Å². The standard InChI is InChI=1S/C15H18O4/c1-3-13(15(17)18-4-2)19-14(16)11-10-12-8-6-5-7-9-12/h5-11,13H,3-4H2,1-2H3. The fourth-order valence-electron chi connectivity index (χ4n) is 1.44. The first kappa shape index (κ1) is 15.0. The second-order valence-electron chi connectivity index (χ2n) is 3.83. The Morgan fingerprint density at radius 2 is 1.89 bits per heavy atom. The molecule has 0 aromatic heterocycles. The fourth-order valence-corrected chi connectivity index (χ4v) is 1.44. The molecule has 1 rings (SSSR count). The summed E-state index contributed by atoms with van der Waals surface area (Å²) in [5.41, 5.74) is 0.892. The fraction of sp³-hybridized carbons (Fsp3) is 0.333. The van der Waals surface area contributed by atoms with E-state index in [1.54, 1.807) is 19.9 Å². The molecule has 0 heterocycles. The molecule has 0 aliphatic rings. The number of rotatable bonds is 6. The molecule has 0 saturated heterocycles. The van der Waals surface area contributed by atoms with Gasteiger partial charge in [-0.3, -0.25) is 0 Å². The molecule has 1 atom stereocenters. The van der Waals surface area contributed by atoms with Crippen LogP contribution in [0, 0.1) is 0 Å². The SMILES string of the molecule is CCOC(=O)C(CC)OC(=O)C=Cc1ccccc1. The number of esters is 2. The number of hydrogen-bond donors (Lipinski definition) is 0. The number of carbonyl (C=O) groups excluding carboxylic acids is 2. The molecule has 102 valence electrons. The number of ether oxygens (including phenoxy) is 2. The Morgan fingerprint density at radius 1 is 1.21 bits per heavy atom. The molecule has 0 saturated carbocycles. The third kappa shape index (κ3) is 5.38. The first-order chi connectivity index (χ1) is 9.17. The van der Waals surface area contributed by atoms with Crippen LogP contribution >= 0.6 is 0 Å². The minimum absolute atomic E-state index is 0.271. The highest BCUT2D eigenvalue weighted by atomic mass is 16.6. The highest BCUT2D eigenvalue weighted by molar-refractivity contribution is 5.89. The average Bonchev–Trinajstić information content (AvgIpc) is 2.44. The monoisotopic (exact) mass is 262 g/mol. The Morgan fingerprint density at radius 3 is 2.47 bits per heavy atom. The van der Waals surface area contributed by atoms with Gasteiger partial charge in [0.15, 0.2) is 6.10 Å². The average molecular weight is 262 g/mol. The van der Waals surface area contributed by atoms with Gasteiger partial charge in [0, 0.05) is 6.08 Å². The lowest BCUT2D eigenvalue weighted by molar-refractivity contribution is -0.164. The smallest absolute Gasteiger partial charge is 0.347 e. The molecule has 1 aromatic carbocycles. The van der Waals surface area contributed by atoms with Crippen molar-refractivity contribution in [3.8, 4) is 0 Å². The Labute approximate surface area is 113 Å². The van der Waals surface area contributed by atoms with Gasteiger partial charge in [-0.1, -0.05) is 37.3 Å². The van der Waals surface area contributed by atoms with Crippen LogP contribution in [0.1, 0.15) is 25.8 Å². The molecule has 4 nitrogen and oxygen atoms in total. The van der Waals surface area contributed by atoms with Crippen molar-refractivity contribution in [3.05, 3.63) is 42.0 Å². The Hall–Kier alpha value is -2.10. The van der Waals surface area contributed by atoms with Crippen molar-refractivity contribution in [1.29, 1.82) is 0 Å². The molecule has 0 fully saturated rings. The van der Waals surface area contributed by atoms with Gasteiger partial charge in [0.2, 0.25) is 0 Å². The second-order valence-corrected chi connectivity index (χ2v) is 3.83. The molecule has 0 spiro atoms. The van der Waals surface area contributed by atoms with Crippen LogP contribution in [0.25, 0.3) is 6.08 Å². The minimum atomic E-state index is -0.840. The van der Waals surface area contributed by atoms with Crippen molar-refractivity contribution in [3.63, 3.8) is 0 Å². The van der Waals surface area contributed by atoms with Crippen LogP contribution in [-0.2, 0) is 19.1 Å². The summed E-state index contributed by atoms with van der Waals surface area (Å²) in [7, 11) is 0. The van der Waals surface area contributed by atoms with Crippen molar-refractivity contribution in [2.45, 2.75) is 26.4 Å². The summed E-state index contributed by atoms with van der Waals surface area (Å²) in [5.74, 6) is -1.06. The third-order valence-electron chi connectivity index (χ3n) is 2.39. The largest absolute Gasteiger partial charge is 0.463 e. The van der Waals surface area contributed by atoms with E-state index in [0.29, 0.717) is 6.42 Å². The van der Waals surface area contributed by atoms with Gasteiger partial charge >= 0.3 is 11.9 Å². The van der Waals surface area contributed by atoms with Crippen LogP contribution in [0.2, 0.25) is 0 Å². The summed E-state index contributed by atoms with van der Waals surface area (Å²) in [6.07, 6.45) is 2.49. The van der Waals surface area contributed by atoms with Gasteiger partial charge in [-0.2, -0.15) is 0 Å². The van der Waals surface area contributed by atoms with E-state index in [0.717, 1.165) is 5.56 Å². The molecule has 0 aliphatic carbocycles. The van der Waals surface area contributed by atoms with Gasteiger partial charge in [-0.05, 0) is 25.0 Å². The van der Waals surface area contributed by atoms with E-state index >= 15 is 0 Å². The van der Waals surface area contributed by atoms with Crippen molar-refractivity contribution >= 4 is 18.0 Å². The molecule has 0 radical (unpaired) electrons. The molecule has 0 bridgehead atoms. The summed E-state index contributed by atoms with van der Waals surface area (Å²) in [4.78, 5) is 23.0. The summed E-state index contributed by atoms with van der Waals surface area (Å²) < 4.78 is 9.85. The maximum absolute atomic E-state index is 11.6. The lowest BCUT2D eigenvalue weighted by atomic mass is 10.2. The van der Waals surface area contributed by atoms with E-state index in [1.807, 2.05) is 30.3 Å². The summed E-state index contributed by atoms with van der Waals surface area (Å²) in [6.45, 7) is 3.74. The first-order valence-corrected chi connectivity index (χ1v) is 6.27. The quantitative estimate of drug-likeness (QED) is 0.584. The molecule has 0 amide bonds. The molecule has 19 heavy (non-hydrogen) atoms. The lowest BCUT2D eigenvalue weighted by Crippen LogP contribution is -2.27. The molecular formula is C15H18O4. The van der Waals surface area contributed by atoms with Gasteiger partial charge in [-0.25, -0.2) is 9.59 Å². The minimum Gasteiger partial charge on any atom is -0.463 e. The van der Waals surface area contributed by atoms with Crippen LogP contribution in [0.15, 0.2) is 36.4 Å². The van der Waals surface area contributed by atoms with E-state index in [9.17, 15) is 9.59 Å². The van der Waals surface area contributed by atoms with E-state index < -0.39 is 18.0 Å². The highest BCUT2D eigenvalue weighted by Crippen LogP contribution is 2.05. The summed E-state index contributed by atoms with van der Waals surface area (Å²) in [5, 5.41) is 0. The number of benzene rings is 1. The van der Waals surface area contributed by atoms with Gasteiger partial charge < -0.3 is 9.47 Å². The molecule has 1 unspecified atom stereocenters. The van der Waals surface area contributed by atoms with Crippen LogP contribution in [0.3, 0.4) is 0 Å². The maximum atomic E-state index is 11.6. The Kier molecular flexibility index (Phi) is 6.36. The molecule has 0 aliphatic heterocycles. The van der Waals surface area contributed by atoms with E-state index in [1.165, 1.54) is 6.08 Å². The Balaban J connectivity index is 2.54. The van der Waals surface area contributed by atoms with Crippen molar-refractivity contribution in [2.24, 2.45) is 0 Å². The van der Waals surface area contributed by atoms with Crippen LogP contribution in [-0.4, -0.2) is 24.6 Å². The predicted octanol–water partition coefficient (Wildman–Crippen LogP) is 2.58. The lowest BCUT2D eigenvalue weighted by Gasteiger charge is -2.13. The van der Waals surface area contributed by atoms with Gasteiger partial charge in [-0.15, -0.1) is 0 Å². The molecule has 4 heteroatoms. The topological polar surface area (TPSA) is 52.6 Å². The van der Waals surface area contributed by atoms with Gasteiger partial charge in [0.25, 0.3) is 0 Å². The highest BCUT2D eigenvalue weighted by Gasteiger charge is 2.20. The zero-order valence-electron chi connectivity index (χ0n) is 11.2. The van der Waals surface area contributed by atoms with Gasteiger partial charge in [0.05, 0.1) is 6.61 Å². The maximum Gasteiger partial charge on any atom is 0.347 e. The van der Waals surface area contributed by atoms with Crippen LogP contribution in [0.4, 0.5) is 0 Å². The Bertz CT molecular complexity index is 437. The molecule has 0 N–H and O–H groups in total. The van der Waals surface area contributed by atoms with E-state index in [2.05, 4.69) is 0 Å². The molecule has 1 aromatic rings. The van der Waals surface area contributed by atoms with Crippen LogP contribution in [0.5, 0.6) is 0 Å². The predicted molar refractivity (Wildman–Crippen MR) is 72.3 cm³/mol. The van der Waals surface area contributed by atoms with E-state index in [-0.39, 0.29) is 6.61 Å². The van der Waals surface area contributed by atoms with Crippen molar-refractivity contribution in [1.82, 2.24) is 0 Å². The summed E-state index contributed by atoms with van der Waals surface area (Å²) >= 11 is 0. The van der Waals surface area contributed by atoms with E-state index in [4.69, 9.17) is 9.47 Å². The van der Waals surface area contributed by atoms with Crippen molar-refractivity contribution < 1.29 is 19.1 Å². The number of carbonyl (C=O) groups is 2. The molecular weight excluding hydrogens is 244 g/mol. The van der Waals surface area contributed by atoms with Gasteiger partial charge in [0.1, 0.15) is 0 Å².